The van der Waals surface area contributed by atoms with Gasteiger partial charge in [0.2, 0.25) is 5.16 Å². The zero-order valence-electron chi connectivity index (χ0n) is 9.34. The Bertz CT molecular complexity index is 547. The van der Waals surface area contributed by atoms with Gasteiger partial charge in [0.1, 0.15) is 22.5 Å². The molecule has 1 aliphatic rings. The number of anilines is 1. The molecular weight excluding hydrogens is 236 g/mol. The van der Waals surface area contributed by atoms with E-state index in [0.29, 0.717) is 16.9 Å². The smallest absolute Gasteiger partial charge is 0.214 e. The molecule has 0 bridgehead atoms. The number of hydrogen-bond donors (Lipinski definition) is 2. The Hall–Kier alpha value is -1.63. The molecule has 0 aromatic carbocycles. The maximum atomic E-state index is 5.77. The van der Waals surface area contributed by atoms with Crippen LogP contribution < -0.4 is 5.73 Å². The van der Waals surface area contributed by atoms with Crippen molar-refractivity contribution in [1.82, 2.24) is 25.1 Å². The Labute approximate surface area is 102 Å². The monoisotopic (exact) mass is 248 g/mol. The molecule has 1 fully saturated rings. The first-order chi connectivity index (χ1) is 8.20. The number of H-pyrrole nitrogens is 1. The third kappa shape index (κ3) is 2.38. The Morgan fingerprint density at radius 3 is 2.82 bits per heavy atom. The Kier molecular flexibility index (Phi) is 2.47. The number of nitrogen functional groups attached to an aromatic ring is 1. The van der Waals surface area contributed by atoms with Crippen LogP contribution in [0.25, 0.3) is 0 Å². The van der Waals surface area contributed by atoms with Crippen LogP contribution in [0, 0.1) is 6.92 Å². The average Bonchev–Trinajstić information content (AvgIpc) is 3.03. The lowest BCUT2D eigenvalue weighted by Crippen LogP contribution is -1.99. The fraction of sp³-hybridized carbons (Fsp3) is 0.400. The van der Waals surface area contributed by atoms with Crippen molar-refractivity contribution in [3.05, 3.63) is 17.7 Å². The minimum absolute atomic E-state index is 0.492. The highest BCUT2D eigenvalue weighted by atomic mass is 32.2. The largest absolute Gasteiger partial charge is 0.384 e. The predicted octanol–water partition coefficient (Wildman–Crippen LogP) is 1.51. The molecule has 2 heterocycles. The van der Waals surface area contributed by atoms with Crippen molar-refractivity contribution in [1.29, 1.82) is 0 Å². The van der Waals surface area contributed by atoms with Gasteiger partial charge in [-0.05, 0) is 31.5 Å². The summed E-state index contributed by atoms with van der Waals surface area (Å²) in [6.45, 7) is 1.86. The lowest BCUT2D eigenvalue weighted by Gasteiger charge is -2.02. The van der Waals surface area contributed by atoms with Gasteiger partial charge in [0.15, 0.2) is 0 Å². The van der Waals surface area contributed by atoms with Gasteiger partial charge in [0, 0.05) is 12.0 Å². The number of aromatic nitrogens is 5. The molecule has 3 N–H and O–H groups in total. The van der Waals surface area contributed by atoms with Crippen LogP contribution in [0.5, 0.6) is 0 Å². The fourth-order valence-electron chi connectivity index (χ4n) is 1.50. The van der Waals surface area contributed by atoms with Gasteiger partial charge in [-0.15, -0.1) is 5.10 Å². The van der Waals surface area contributed by atoms with E-state index in [-0.39, 0.29) is 0 Å². The first-order valence-corrected chi connectivity index (χ1v) is 6.23. The molecule has 3 rings (SSSR count). The van der Waals surface area contributed by atoms with E-state index in [1.54, 1.807) is 6.07 Å². The van der Waals surface area contributed by atoms with E-state index >= 15 is 0 Å². The summed E-state index contributed by atoms with van der Waals surface area (Å²) in [4.78, 5) is 12.9. The van der Waals surface area contributed by atoms with Crippen molar-refractivity contribution >= 4 is 17.6 Å². The van der Waals surface area contributed by atoms with Crippen LogP contribution in [0.4, 0.5) is 5.82 Å². The SMILES string of the molecule is Cc1nc(Sc2cc(N)nc(C3CC3)n2)n[nH]1. The summed E-state index contributed by atoms with van der Waals surface area (Å²) in [5, 5.41) is 8.31. The van der Waals surface area contributed by atoms with E-state index in [1.807, 2.05) is 6.92 Å². The molecule has 0 radical (unpaired) electrons. The first kappa shape index (κ1) is 10.5. The summed E-state index contributed by atoms with van der Waals surface area (Å²) < 4.78 is 0. The van der Waals surface area contributed by atoms with E-state index in [9.17, 15) is 0 Å². The van der Waals surface area contributed by atoms with Crippen LogP contribution in [-0.2, 0) is 0 Å². The van der Waals surface area contributed by atoms with E-state index in [4.69, 9.17) is 5.73 Å². The summed E-state index contributed by atoms with van der Waals surface area (Å²) in [6, 6.07) is 1.75. The maximum absolute atomic E-state index is 5.77. The molecule has 2 aromatic heterocycles. The molecule has 6 nitrogen and oxygen atoms in total. The number of rotatable bonds is 3. The van der Waals surface area contributed by atoms with E-state index < -0.39 is 0 Å². The summed E-state index contributed by atoms with van der Waals surface area (Å²) in [6.07, 6.45) is 2.32. The van der Waals surface area contributed by atoms with Crippen molar-refractivity contribution in [2.45, 2.75) is 35.9 Å². The molecular formula is C10H12N6S. The molecule has 0 unspecified atom stereocenters. The lowest BCUT2D eigenvalue weighted by molar-refractivity contribution is 0.879. The predicted molar refractivity (Wildman–Crippen MR) is 63.7 cm³/mol. The summed E-state index contributed by atoms with van der Waals surface area (Å²) in [7, 11) is 0. The van der Waals surface area contributed by atoms with Gasteiger partial charge in [-0.25, -0.2) is 15.0 Å². The second-order valence-corrected chi connectivity index (χ2v) is 5.06. The molecule has 0 spiro atoms. The highest BCUT2D eigenvalue weighted by Gasteiger charge is 2.27. The zero-order chi connectivity index (χ0) is 11.8. The molecule has 7 heteroatoms. The molecule has 2 aromatic rings. The van der Waals surface area contributed by atoms with Crippen LogP contribution in [-0.4, -0.2) is 25.1 Å². The third-order valence-electron chi connectivity index (χ3n) is 2.45. The van der Waals surface area contributed by atoms with Gasteiger partial charge in [-0.3, -0.25) is 5.10 Å². The molecule has 17 heavy (non-hydrogen) atoms. The Morgan fingerprint density at radius 2 is 2.18 bits per heavy atom. The topological polar surface area (TPSA) is 93.4 Å². The van der Waals surface area contributed by atoms with Gasteiger partial charge in [0.05, 0.1) is 0 Å². The van der Waals surface area contributed by atoms with Crippen LogP contribution in [0.15, 0.2) is 16.2 Å². The van der Waals surface area contributed by atoms with Gasteiger partial charge >= 0.3 is 0 Å². The number of nitrogens with two attached hydrogens (primary N) is 1. The minimum Gasteiger partial charge on any atom is -0.384 e. The van der Waals surface area contributed by atoms with Crippen molar-refractivity contribution in [3.63, 3.8) is 0 Å². The van der Waals surface area contributed by atoms with Crippen molar-refractivity contribution < 1.29 is 0 Å². The summed E-state index contributed by atoms with van der Waals surface area (Å²) >= 11 is 1.40. The molecule has 0 amide bonds. The van der Waals surface area contributed by atoms with Gasteiger partial charge < -0.3 is 5.73 Å². The highest BCUT2D eigenvalue weighted by Crippen LogP contribution is 2.39. The van der Waals surface area contributed by atoms with Crippen molar-refractivity contribution in [3.8, 4) is 0 Å². The first-order valence-electron chi connectivity index (χ1n) is 5.42. The molecule has 88 valence electrons. The van der Waals surface area contributed by atoms with Gasteiger partial charge in [-0.1, -0.05) is 0 Å². The third-order valence-corrected chi connectivity index (χ3v) is 3.24. The molecule has 1 aliphatic carbocycles. The van der Waals surface area contributed by atoms with Gasteiger partial charge in [0.25, 0.3) is 0 Å². The van der Waals surface area contributed by atoms with E-state index in [1.165, 1.54) is 11.8 Å². The quantitative estimate of drug-likeness (QED) is 0.800. The lowest BCUT2D eigenvalue weighted by atomic mass is 10.4. The summed E-state index contributed by atoms with van der Waals surface area (Å²) in [5.74, 6) is 2.64. The van der Waals surface area contributed by atoms with Gasteiger partial charge in [-0.2, -0.15) is 0 Å². The van der Waals surface area contributed by atoms with Crippen LogP contribution in [0.2, 0.25) is 0 Å². The number of aryl methyl sites for hydroxylation is 1. The fourth-order valence-corrected chi connectivity index (χ4v) is 2.28. The molecule has 0 aliphatic heterocycles. The minimum atomic E-state index is 0.492. The van der Waals surface area contributed by atoms with E-state index in [0.717, 1.165) is 29.5 Å². The number of nitrogens with one attached hydrogen (secondary N) is 1. The second-order valence-electron chi connectivity index (χ2n) is 4.07. The van der Waals surface area contributed by atoms with E-state index in [2.05, 4.69) is 25.1 Å². The Balaban J connectivity index is 1.86. The number of aromatic amines is 1. The number of nitrogens with zero attached hydrogens (tertiary/aromatic N) is 4. The zero-order valence-corrected chi connectivity index (χ0v) is 10.2. The maximum Gasteiger partial charge on any atom is 0.214 e. The van der Waals surface area contributed by atoms with Crippen molar-refractivity contribution in [2.24, 2.45) is 0 Å². The summed E-state index contributed by atoms with van der Waals surface area (Å²) in [5.41, 5.74) is 5.77. The second kappa shape index (κ2) is 3.99. The highest BCUT2D eigenvalue weighted by molar-refractivity contribution is 7.99. The molecule has 0 atom stereocenters. The van der Waals surface area contributed by atoms with Crippen LogP contribution >= 0.6 is 11.8 Å². The molecule has 0 saturated heterocycles. The average molecular weight is 248 g/mol. The Morgan fingerprint density at radius 1 is 1.35 bits per heavy atom. The van der Waals surface area contributed by atoms with Crippen molar-refractivity contribution in [2.75, 3.05) is 5.73 Å². The van der Waals surface area contributed by atoms with Crippen LogP contribution in [0.3, 0.4) is 0 Å². The molecule has 1 saturated carbocycles. The normalized spacial score (nSPS) is 15.1. The standard InChI is InChI=1S/C10H12N6S/c1-5-12-10(16-15-5)17-8-4-7(11)13-9(14-8)6-2-3-6/h4,6H,2-3H2,1H3,(H2,11,13,14)(H,12,15,16). The number of hydrogen-bond acceptors (Lipinski definition) is 6. The van der Waals surface area contributed by atoms with Crippen LogP contribution in [0.1, 0.15) is 30.4 Å².